The SMILES string of the molecule is O=C(NCCC=NO)c1cnccc1C(F)(F)F. The van der Waals surface area contributed by atoms with E-state index in [4.69, 9.17) is 5.21 Å². The minimum absolute atomic E-state index is 0.0646. The third-order valence-corrected chi connectivity index (χ3v) is 2.01. The molecule has 0 aliphatic rings. The summed E-state index contributed by atoms with van der Waals surface area (Å²) in [5.74, 6) is -0.873. The van der Waals surface area contributed by atoms with Gasteiger partial charge in [0.2, 0.25) is 0 Å². The molecule has 0 atom stereocenters. The van der Waals surface area contributed by atoms with Crippen LogP contribution in [-0.4, -0.2) is 28.9 Å². The topological polar surface area (TPSA) is 74.6 Å². The molecule has 0 saturated carbocycles. The first-order chi connectivity index (χ1) is 8.46. The fraction of sp³-hybridized carbons (Fsp3) is 0.300. The van der Waals surface area contributed by atoms with Crippen molar-refractivity contribution in [2.45, 2.75) is 12.6 Å². The summed E-state index contributed by atoms with van der Waals surface area (Å²) in [6.45, 7) is 0.0646. The molecule has 0 unspecified atom stereocenters. The van der Waals surface area contributed by atoms with Crippen LogP contribution < -0.4 is 5.32 Å². The summed E-state index contributed by atoms with van der Waals surface area (Å²) < 4.78 is 37.8. The molecule has 1 heterocycles. The summed E-state index contributed by atoms with van der Waals surface area (Å²) >= 11 is 0. The first kappa shape index (κ1) is 13.9. The van der Waals surface area contributed by atoms with E-state index in [1.807, 2.05) is 0 Å². The molecule has 0 bridgehead atoms. The molecule has 18 heavy (non-hydrogen) atoms. The van der Waals surface area contributed by atoms with Crippen molar-refractivity contribution in [3.05, 3.63) is 29.6 Å². The van der Waals surface area contributed by atoms with Gasteiger partial charge in [-0.25, -0.2) is 0 Å². The lowest BCUT2D eigenvalue weighted by atomic mass is 10.1. The fourth-order valence-electron chi connectivity index (χ4n) is 1.23. The molecule has 2 N–H and O–H groups in total. The summed E-state index contributed by atoms with van der Waals surface area (Å²) in [5.41, 5.74) is -1.57. The van der Waals surface area contributed by atoms with E-state index in [9.17, 15) is 18.0 Å². The second kappa shape index (κ2) is 5.99. The van der Waals surface area contributed by atoms with E-state index < -0.39 is 23.2 Å². The number of nitrogens with one attached hydrogen (secondary N) is 1. The van der Waals surface area contributed by atoms with Crippen LogP contribution in [0.4, 0.5) is 13.2 Å². The molecule has 0 fully saturated rings. The number of aromatic nitrogens is 1. The van der Waals surface area contributed by atoms with Crippen molar-refractivity contribution in [3.63, 3.8) is 0 Å². The molecular weight excluding hydrogens is 251 g/mol. The van der Waals surface area contributed by atoms with Crippen LogP contribution in [-0.2, 0) is 6.18 Å². The summed E-state index contributed by atoms with van der Waals surface area (Å²) in [6.07, 6.45) is -1.45. The molecule has 8 heteroatoms. The Morgan fingerprint density at radius 2 is 2.28 bits per heavy atom. The number of halogens is 3. The zero-order chi connectivity index (χ0) is 13.6. The van der Waals surface area contributed by atoms with Gasteiger partial charge < -0.3 is 10.5 Å². The molecule has 0 aliphatic carbocycles. The highest BCUT2D eigenvalue weighted by Crippen LogP contribution is 2.31. The van der Waals surface area contributed by atoms with Crippen molar-refractivity contribution >= 4 is 12.1 Å². The number of alkyl halides is 3. The molecule has 98 valence electrons. The first-order valence-electron chi connectivity index (χ1n) is 4.92. The molecule has 1 aromatic rings. The largest absolute Gasteiger partial charge is 0.417 e. The van der Waals surface area contributed by atoms with Crippen molar-refractivity contribution in [1.29, 1.82) is 0 Å². The van der Waals surface area contributed by atoms with E-state index >= 15 is 0 Å². The van der Waals surface area contributed by atoms with E-state index in [1.165, 1.54) is 0 Å². The van der Waals surface area contributed by atoms with Crippen molar-refractivity contribution in [1.82, 2.24) is 10.3 Å². The minimum Gasteiger partial charge on any atom is -0.411 e. The Morgan fingerprint density at radius 3 is 2.89 bits per heavy atom. The second-order valence-corrected chi connectivity index (χ2v) is 3.26. The molecule has 1 aromatic heterocycles. The molecule has 0 aliphatic heterocycles. The van der Waals surface area contributed by atoms with Crippen LogP contribution in [0.5, 0.6) is 0 Å². The standard InChI is InChI=1S/C10H10F3N3O2/c11-10(12,13)8-2-5-14-6-7(8)9(17)15-3-1-4-16-18/h2,4-6,18H,1,3H2,(H,15,17). The lowest BCUT2D eigenvalue weighted by Gasteiger charge is -2.11. The maximum absolute atomic E-state index is 12.6. The Hall–Kier alpha value is -2.12. The Kier molecular flexibility index (Phi) is 4.64. The van der Waals surface area contributed by atoms with Crippen LogP contribution in [0, 0.1) is 0 Å². The normalized spacial score (nSPS) is 11.7. The molecule has 5 nitrogen and oxygen atoms in total. The number of hydrogen-bond acceptors (Lipinski definition) is 4. The zero-order valence-electron chi connectivity index (χ0n) is 9.11. The van der Waals surface area contributed by atoms with Crippen molar-refractivity contribution in [2.24, 2.45) is 5.16 Å². The Labute approximate surface area is 100 Å². The predicted octanol–water partition coefficient (Wildman–Crippen LogP) is 1.68. The van der Waals surface area contributed by atoms with E-state index in [0.717, 1.165) is 24.7 Å². The number of oxime groups is 1. The zero-order valence-corrected chi connectivity index (χ0v) is 9.11. The van der Waals surface area contributed by atoms with E-state index in [1.54, 1.807) is 0 Å². The van der Waals surface area contributed by atoms with Gasteiger partial charge in [-0.1, -0.05) is 0 Å². The average Bonchev–Trinajstić information content (AvgIpc) is 2.33. The maximum atomic E-state index is 12.6. The van der Waals surface area contributed by atoms with E-state index in [2.05, 4.69) is 15.5 Å². The van der Waals surface area contributed by atoms with Crippen LogP contribution in [0.25, 0.3) is 0 Å². The first-order valence-corrected chi connectivity index (χ1v) is 4.92. The number of nitrogens with zero attached hydrogens (tertiary/aromatic N) is 2. The van der Waals surface area contributed by atoms with Crippen LogP contribution >= 0.6 is 0 Å². The summed E-state index contributed by atoms with van der Waals surface area (Å²) in [4.78, 5) is 15.0. The minimum atomic E-state index is -4.61. The maximum Gasteiger partial charge on any atom is 0.417 e. The average molecular weight is 261 g/mol. The van der Waals surface area contributed by atoms with Gasteiger partial charge in [0.1, 0.15) is 0 Å². The quantitative estimate of drug-likeness (QED) is 0.375. The van der Waals surface area contributed by atoms with Crippen LogP contribution in [0.1, 0.15) is 22.3 Å². The number of pyridine rings is 1. The van der Waals surface area contributed by atoms with Gasteiger partial charge in [0.15, 0.2) is 0 Å². The van der Waals surface area contributed by atoms with E-state index in [-0.39, 0.29) is 13.0 Å². The van der Waals surface area contributed by atoms with Gasteiger partial charge in [0.05, 0.1) is 11.1 Å². The van der Waals surface area contributed by atoms with Crippen LogP contribution in [0.15, 0.2) is 23.6 Å². The van der Waals surface area contributed by atoms with Gasteiger partial charge >= 0.3 is 6.18 Å². The van der Waals surface area contributed by atoms with E-state index in [0.29, 0.717) is 0 Å². The van der Waals surface area contributed by atoms with Gasteiger partial charge in [-0.05, 0) is 6.07 Å². The highest BCUT2D eigenvalue weighted by atomic mass is 19.4. The monoisotopic (exact) mass is 261 g/mol. The Balaban J connectivity index is 2.80. The number of carbonyl (C=O) groups excluding carboxylic acids is 1. The van der Waals surface area contributed by atoms with Gasteiger partial charge in [0.25, 0.3) is 5.91 Å². The molecule has 1 amide bonds. The lowest BCUT2D eigenvalue weighted by molar-refractivity contribution is -0.138. The van der Waals surface area contributed by atoms with Gasteiger partial charge in [-0.2, -0.15) is 13.2 Å². The summed E-state index contributed by atoms with van der Waals surface area (Å²) in [6, 6.07) is 0.740. The summed E-state index contributed by atoms with van der Waals surface area (Å²) in [5, 5.41) is 13.1. The smallest absolute Gasteiger partial charge is 0.411 e. The third-order valence-electron chi connectivity index (χ3n) is 2.01. The number of amides is 1. The second-order valence-electron chi connectivity index (χ2n) is 3.26. The Bertz CT molecular complexity index is 446. The number of hydrogen-bond donors (Lipinski definition) is 2. The number of carbonyl (C=O) groups is 1. The lowest BCUT2D eigenvalue weighted by Crippen LogP contribution is -2.27. The Morgan fingerprint density at radius 1 is 1.56 bits per heavy atom. The van der Waals surface area contributed by atoms with Crippen LogP contribution in [0.3, 0.4) is 0 Å². The van der Waals surface area contributed by atoms with Gasteiger partial charge in [-0.3, -0.25) is 9.78 Å². The fourth-order valence-corrected chi connectivity index (χ4v) is 1.23. The van der Waals surface area contributed by atoms with Crippen LogP contribution in [0.2, 0.25) is 0 Å². The highest BCUT2D eigenvalue weighted by molar-refractivity contribution is 5.95. The summed E-state index contributed by atoms with van der Waals surface area (Å²) in [7, 11) is 0. The van der Waals surface area contributed by atoms with Crippen molar-refractivity contribution < 1.29 is 23.2 Å². The van der Waals surface area contributed by atoms with Gasteiger partial charge in [-0.15, -0.1) is 5.16 Å². The molecule has 0 saturated heterocycles. The third kappa shape index (κ3) is 3.72. The molecule has 0 aromatic carbocycles. The molecule has 0 radical (unpaired) electrons. The highest BCUT2D eigenvalue weighted by Gasteiger charge is 2.35. The predicted molar refractivity (Wildman–Crippen MR) is 56.5 cm³/mol. The molecule has 0 spiro atoms. The van der Waals surface area contributed by atoms with Crippen molar-refractivity contribution in [2.75, 3.05) is 6.54 Å². The molecule has 1 rings (SSSR count). The molecular formula is C10H10F3N3O2. The van der Waals surface area contributed by atoms with Gasteiger partial charge in [0, 0.05) is 31.6 Å². The number of rotatable bonds is 4. The van der Waals surface area contributed by atoms with Crippen molar-refractivity contribution in [3.8, 4) is 0 Å².